The lowest BCUT2D eigenvalue weighted by atomic mass is 10.2. The summed E-state index contributed by atoms with van der Waals surface area (Å²) in [6.07, 6.45) is -0.251. The van der Waals surface area contributed by atoms with Crippen LogP contribution in [0.4, 0.5) is 0 Å². The third-order valence-corrected chi connectivity index (χ3v) is 2.40. The smallest absolute Gasteiger partial charge is 0.214 e. The van der Waals surface area contributed by atoms with E-state index in [2.05, 4.69) is 20.6 Å². The minimum Gasteiger partial charge on any atom is -0.482 e. The molecule has 1 aromatic heterocycles. The van der Waals surface area contributed by atoms with Crippen molar-refractivity contribution in [1.29, 1.82) is 0 Å². The number of rotatable bonds is 3. The van der Waals surface area contributed by atoms with Crippen LogP contribution in [0.3, 0.4) is 0 Å². The van der Waals surface area contributed by atoms with E-state index in [9.17, 15) is 0 Å². The van der Waals surface area contributed by atoms with Crippen molar-refractivity contribution in [1.82, 2.24) is 20.6 Å². The highest BCUT2D eigenvalue weighted by atomic mass is 35.5. The number of H-pyrrole nitrogens is 1. The molecule has 0 aliphatic rings. The molecule has 0 aliphatic heterocycles. The summed E-state index contributed by atoms with van der Waals surface area (Å²) in [6, 6.07) is 5.46. The van der Waals surface area contributed by atoms with Gasteiger partial charge in [-0.1, -0.05) is 16.8 Å². The molecule has 0 radical (unpaired) electrons. The van der Waals surface area contributed by atoms with Crippen LogP contribution in [0, 0.1) is 6.92 Å². The highest BCUT2D eigenvalue weighted by Gasteiger charge is 2.13. The normalized spacial score (nSPS) is 12.4. The number of nitrogens with zero attached hydrogens (tertiary/aromatic N) is 3. The summed E-state index contributed by atoms with van der Waals surface area (Å²) >= 11 is 5.86. The fourth-order valence-corrected chi connectivity index (χ4v) is 1.56. The number of aromatic amines is 1. The monoisotopic (exact) mass is 238 g/mol. The van der Waals surface area contributed by atoms with Crippen LogP contribution < -0.4 is 4.74 Å². The molecule has 0 aliphatic carbocycles. The highest BCUT2D eigenvalue weighted by molar-refractivity contribution is 6.30. The first-order valence-electron chi connectivity index (χ1n) is 4.83. The highest BCUT2D eigenvalue weighted by Crippen LogP contribution is 2.25. The molecule has 1 atom stereocenters. The summed E-state index contributed by atoms with van der Waals surface area (Å²) < 4.78 is 5.70. The maximum atomic E-state index is 5.86. The lowest BCUT2D eigenvalue weighted by Crippen LogP contribution is -2.06. The van der Waals surface area contributed by atoms with Crippen molar-refractivity contribution in [2.75, 3.05) is 0 Å². The molecule has 0 bridgehead atoms. The van der Waals surface area contributed by atoms with Gasteiger partial charge in [0, 0.05) is 5.02 Å². The largest absolute Gasteiger partial charge is 0.482 e. The Balaban J connectivity index is 2.15. The van der Waals surface area contributed by atoms with Gasteiger partial charge in [0.2, 0.25) is 5.82 Å². The predicted molar refractivity (Wildman–Crippen MR) is 59.4 cm³/mol. The van der Waals surface area contributed by atoms with Crippen molar-refractivity contribution < 1.29 is 4.74 Å². The van der Waals surface area contributed by atoms with Crippen LogP contribution in [0.25, 0.3) is 0 Å². The summed E-state index contributed by atoms with van der Waals surface area (Å²) in [4.78, 5) is 0. The van der Waals surface area contributed by atoms with Crippen molar-refractivity contribution in [3.05, 3.63) is 34.6 Å². The molecule has 2 rings (SSSR count). The van der Waals surface area contributed by atoms with Crippen LogP contribution in [0.2, 0.25) is 5.02 Å². The molecular formula is C10H11ClN4O. The van der Waals surface area contributed by atoms with E-state index >= 15 is 0 Å². The van der Waals surface area contributed by atoms with E-state index < -0.39 is 0 Å². The summed E-state index contributed by atoms with van der Waals surface area (Å²) in [5, 5.41) is 14.3. The number of hydrogen-bond donors (Lipinski definition) is 1. The average Bonchev–Trinajstić information content (AvgIpc) is 2.75. The Labute approximate surface area is 97.8 Å². The van der Waals surface area contributed by atoms with Gasteiger partial charge in [-0.2, -0.15) is 5.21 Å². The molecule has 5 nitrogen and oxygen atoms in total. The number of hydrogen-bond acceptors (Lipinski definition) is 4. The van der Waals surface area contributed by atoms with Crippen LogP contribution in [-0.2, 0) is 0 Å². The first-order valence-corrected chi connectivity index (χ1v) is 5.21. The maximum Gasteiger partial charge on any atom is 0.214 e. The van der Waals surface area contributed by atoms with Gasteiger partial charge in [-0.25, -0.2) is 0 Å². The van der Waals surface area contributed by atoms with E-state index in [0.717, 1.165) is 11.3 Å². The number of benzene rings is 1. The van der Waals surface area contributed by atoms with Gasteiger partial charge < -0.3 is 4.74 Å². The topological polar surface area (TPSA) is 63.7 Å². The molecule has 1 N–H and O–H groups in total. The summed E-state index contributed by atoms with van der Waals surface area (Å²) in [5.74, 6) is 1.29. The van der Waals surface area contributed by atoms with Crippen LogP contribution in [0.1, 0.15) is 24.4 Å². The third kappa shape index (κ3) is 2.30. The maximum absolute atomic E-state index is 5.86. The fourth-order valence-electron chi connectivity index (χ4n) is 1.33. The quantitative estimate of drug-likeness (QED) is 0.891. The van der Waals surface area contributed by atoms with Gasteiger partial charge in [-0.15, -0.1) is 10.2 Å². The zero-order chi connectivity index (χ0) is 11.5. The van der Waals surface area contributed by atoms with E-state index in [1.807, 2.05) is 26.0 Å². The Morgan fingerprint density at radius 2 is 2.25 bits per heavy atom. The molecule has 0 saturated heterocycles. The van der Waals surface area contributed by atoms with Gasteiger partial charge in [0.1, 0.15) is 5.75 Å². The summed E-state index contributed by atoms with van der Waals surface area (Å²) in [5.41, 5.74) is 0.975. The van der Waals surface area contributed by atoms with Crippen LogP contribution in [-0.4, -0.2) is 20.6 Å². The number of aryl methyl sites for hydroxylation is 1. The summed E-state index contributed by atoms with van der Waals surface area (Å²) in [7, 11) is 0. The van der Waals surface area contributed by atoms with Gasteiger partial charge in [-0.3, -0.25) is 0 Å². The van der Waals surface area contributed by atoms with Crippen molar-refractivity contribution >= 4 is 11.6 Å². The molecule has 16 heavy (non-hydrogen) atoms. The standard InChI is InChI=1S/C10H11ClN4O/c1-6-5-8(11)3-4-9(6)16-7(2)10-12-14-15-13-10/h3-5,7H,1-2H3,(H,12,13,14,15)/t7-/m0/s1. The Hall–Kier alpha value is -1.62. The second-order valence-corrected chi connectivity index (χ2v) is 3.88. The molecule has 2 aromatic rings. The van der Waals surface area contributed by atoms with Crippen molar-refractivity contribution in [3.8, 4) is 5.75 Å². The lowest BCUT2D eigenvalue weighted by molar-refractivity contribution is 0.215. The number of halogens is 1. The lowest BCUT2D eigenvalue weighted by Gasteiger charge is -2.13. The molecule has 84 valence electrons. The first-order chi connectivity index (χ1) is 7.66. The van der Waals surface area contributed by atoms with Gasteiger partial charge >= 0.3 is 0 Å². The van der Waals surface area contributed by atoms with E-state index in [1.165, 1.54) is 0 Å². The molecule has 0 unspecified atom stereocenters. The van der Waals surface area contributed by atoms with Gasteiger partial charge in [0.15, 0.2) is 6.10 Å². The van der Waals surface area contributed by atoms with Gasteiger partial charge in [0.25, 0.3) is 0 Å². The zero-order valence-electron chi connectivity index (χ0n) is 8.94. The van der Waals surface area contributed by atoms with Crippen LogP contribution in [0.15, 0.2) is 18.2 Å². The molecule has 0 fully saturated rings. The predicted octanol–water partition coefficient (Wildman–Crippen LogP) is 2.30. The molecule has 6 heteroatoms. The minimum absolute atomic E-state index is 0.251. The number of aromatic nitrogens is 4. The second kappa shape index (κ2) is 4.49. The molecule has 1 heterocycles. The van der Waals surface area contributed by atoms with Crippen LogP contribution >= 0.6 is 11.6 Å². The van der Waals surface area contributed by atoms with Crippen LogP contribution in [0.5, 0.6) is 5.75 Å². The molecule has 0 spiro atoms. The van der Waals surface area contributed by atoms with Gasteiger partial charge in [-0.05, 0) is 37.6 Å². The number of tetrazole rings is 1. The van der Waals surface area contributed by atoms with Crippen molar-refractivity contribution in [2.24, 2.45) is 0 Å². The second-order valence-electron chi connectivity index (χ2n) is 3.44. The van der Waals surface area contributed by atoms with Crippen molar-refractivity contribution in [3.63, 3.8) is 0 Å². The molecule has 0 saturated carbocycles. The SMILES string of the molecule is Cc1cc(Cl)ccc1O[C@@H](C)c1nn[nH]n1. The third-order valence-electron chi connectivity index (χ3n) is 2.17. The Bertz CT molecular complexity index is 472. The molecule has 1 aromatic carbocycles. The van der Waals surface area contributed by atoms with E-state index in [4.69, 9.17) is 16.3 Å². The van der Waals surface area contributed by atoms with E-state index in [-0.39, 0.29) is 6.10 Å². The molecule has 0 amide bonds. The Morgan fingerprint density at radius 1 is 1.44 bits per heavy atom. The fraction of sp³-hybridized carbons (Fsp3) is 0.300. The van der Waals surface area contributed by atoms with Gasteiger partial charge in [0.05, 0.1) is 0 Å². The van der Waals surface area contributed by atoms with Crippen molar-refractivity contribution in [2.45, 2.75) is 20.0 Å². The average molecular weight is 239 g/mol. The Kier molecular flexibility index (Phi) is 3.05. The number of ether oxygens (including phenoxy) is 1. The molecular weight excluding hydrogens is 228 g/mol. The minimum atomic E-state index is -0.251. The number of nitrogens with one attached hydrogen (secondary N) is 1. The Morgan fingerprint density at radius 3 is 2.88 bits per heavy atom. The summed E-state index contributed by atoms with van der Waals surface area (Å²) in [6.45, 7) is 3.79. The zero-order valence-corrected chi connectivity index (χ0v) is 9.69. The first kappa shape index (κ1) is 10.9. The van der Waals surface area contributed by atoms with E-state index in [1.54, 1.807) is 6.07 Å². The van der Waals surface area contributed by atoms with E-state index in [0.29, 0.717) is 10.8 Å².